The summed E-state index contributed by atoms with van der Waals surface area (Å²) < 4.78 is 10.6. The summed E-state index contributed by atoms with van der Waals surface area (Å²) in [6.45, 7) is 3.97. The Hall–Kier alpha value is -1.89. The van der Waals surface area contributed by atoms with Crippen LogP contribution in [0.15, 0.2) is 41.8 Å². The number of hydrogen-bond acceptors (Lipinski definition) is 6. The maximum absolute atomic E-state index is 11.6. The zero-order chi connectivity index (χ0) is 18.4. The van der Waals surface area contributed by atoms with E-state index >= 15 is 0 Å². The van der Waals surface area contributed by atoms with Crippen molar-refractivity contribution in [1.29, 1.82) is 0 Å². The molecule has 26 heavy (non-hydrogen) atoms. The van der Waals surface area contributed by atoms with Crippen LogP contribution in [0.3, 0.4) is 0 Å². The van der Waals surface area contributed by atoms with E-state index in [0.29, 0.717) is 30.5 Å². The normalized spacial score (nSPS) is 18.6. The van der Waals surface area contributed by atoms with Crippen molar-refractivity contribution in [2.45, 2.75) is 31.9 Å². The number of β-amino-alcohol motifs (C(OH)–C–C–N with tert-alkyl or cyclic N) is 1. The first-order valence-electron chi connectivity index (χ1n) is 9.03. The number of carbonyl (C=O) groups excluding carboxylic acids is 1. The molecule has 0 radical (unpaired) electrons. The second-order valence-electron chi connectivity index (χ2n) is 6.38. The molecule has 2 aromatic rings. The highest BCUT2D eigenvalue weighted by Crippen LogP contribution is 2.34. The average molecular weight is 375 g/mol. The lowest BCUT2D eigenvalue weighted by Crippen LogP contribution is -2.35. The Bertz CT molecular complexity index is 686. The lowest BCUT2D eigenvalue weighted by atomic mass is 10.2. The van der Waals surface area contributed by atoms with Gasteiger partial charge in [0.15, 0.2) is 0 Å². The van der Waals surface area contributed by atoms with Gasteiger partial charge < -0.3 is 14.6 Å². The van der Waals surface area contributed by atoms with Crippen molar-refractivity contribution >= 4 is 17.3 Å². The summed E-state index contributed by atoms with van der Waals surface area (Å²) in [5.41, 5.74) is 0.496. The molecule has 1 fully saturated rings. The minimum absolute atomic E-state index is 0.229. The molecule has 1 aliphatic heterocycles. The summed E-state index contributed by atoms with van der Waals surface area (Å²) >= 11 is 1.78. The molecule has 0 amide bonds. The zero-order valence-corrected chi connectivity index (χ0v) is 15.8. The Morgan fingerprint density at radius 2 is 2.15 bits per heavy atom. The van der Waals surface area contributed by atoms with Crippen LogP contribution in [0, 0.1) is 0 Å². The van der Waals surface area contributed by atoms with Crippen LogP contribution in [-0.2, 0) is 4.74 Å². The summed E-state index contributed by atoms with van der Waals surface area (Å²) in [6, 6.07) is 11.5. The highest BCUT2D eigenvalue weighted by Gasteiger charge is 2.28. The van der Waals surface area contributed by atoms with Crippen LogP contribution in [-0.4, -0.2) is 48.4 Å². The molecule has 1 N–H and O–H groups in total. The molecule has 2 atom stereocenters. The number of hydrogen-bond donors (Lipinski definition) is 1. The van der Waals surface area contributed by atoms with Gasteiger partial charge in [0.05, 0.1) is 12.2 Å². The van der Waals surface area contributed by atoms with Gasteiger partial charge in [-0.05, 0) is 62.0 Å². The number of esters is 1. The van der Waals surface area contributed by atoms with Crippen LogP contribution >= 0.6 is 11.3 Å². The first kappa shape index (κ1) is 18.9. The SMILES string of the molecule is CCOC(=O)c1ccc(OC[C@@H](O)CN2CCC[C@H]2c2cccs2)cc1. The van der Waals surface area contributed by atoms with E-state index < -0.39 is 6.10 Å². The molecule has 0 aliphatic carbocycles. The lowest BCUT2D eigenvalue weighted by Gasteiger charge is -2.26. The molecule has 5 nitrogen and oxygen atoms in total. The number of ether oxygens (including phenoxy) is 2. The van der Waals surface area contributed by atoms with Crippen molar-refractivity contribution in [3.8, 4) is 5.75 Å². The summed E-state index contributed by atoms with van der Waals surface area (Å²) in [7, 11) is 0. The van der Waals surface area contributed by atoms with E-state index in [1.54, 1.807) is 42.5 Å². The minimum Gasteiger partial charge on any atom is -0.491 e. The largest absolute Gasteiger partial charge is 0.491 e. The number of nitrogens with zero attached hydrogens (tertiary/aromatic N) is 1. The lowest BCUT2D eigenvalue weighted by molar-refractivity contribution is 0.0525. The van der Waals surface area contributed by atoms with Crippen LogP contribution < -0.4 is 4.74 Å². The molecule has 1 aromatic heterocycles. The van der Waals surface area contributed by atoms with Gasteiger partial charge in [-0.1, -0.05) is 6.07 Å². The van der Waals surface area contributed by atoms with Gasteiger partial charge in [-0.25, -0.2) is 4.79 Å². The number of benzene rings is 1. The number of aliphatic hydroxyl groups excluding tert-OH is 1. The van der Waals surface area contributed by atoms with Crippen molar-refractivity contribution < 1.29 is 19.4 Å². The molecule has 0 bridgehead atoms. The standard InChI is InChI=1S/C20H25NO4S/c1-2-24-20(23)15-7-9-17(10-8-15)25-14-16(22)13-21-11-3-5-18(21)19-6-4-12-26-19/h4,6-10,12,16,18,22H,2-3,5,11,13-14H2,1H3/t16-,18-/m0/s1. The number of aliphatic hydroxyl groups is 1. The first-order valence-corrected chi connectivity index (χ1v) is 9.91. The number of carbonyl (C=O) groups is 1. The Morgan fingerprint density at radius 3 is 2.85 bits per heavy atom. The Morgan fingerprint density at radius 1 is 1.35 bits per heavy atom. The van der Waals surface area contributed by atoms with Crippen LogP contribution in [0.5, 0.6) is 5.75 Å². The van der Waals surface area contributed by atoms with E-state index in [4.69, 9.17) is 9.47 Å². The number of rotatable bonds is 8. The summed E-state index contributed by atoms with van der Waals surface area (Å²) in [6.07, 6.45) is 1.75. The predicted octanol–water partition coefficient (Wildman–Crippen LogP) is 3.50. The fourth-order valence-corrected chi connectivity index (χ4v) is 4.16. The molecule has 2 heterocycles. The predicted molar refractivity (Wildman–Crippen MR) is 102 cm³/mol. The molecular weight excluding hydrogens is 350 g/mol. The molecule has 0 unspecified atom stereocenters. The minimum atomic E-state index is -0.555. The molecule has 0 saturated carbocycles. The summed E-state index contributed by atoms with van der Waals surface area (Å²) in [5, 5.41) is 12.5. The molecule has 3 rings (SSSR count). The van der Waals surface area contributed by atoms with Gasteiger partial charge in [-0.15, -0.1) is 11.3 Å². The molecule has 1 aromatic carbocycles. The van der Waals surface area contributed by atoms with Crippen LogP contribution in [0.25, 0.3) is 0 Å². The van der Waals surface area contributed by atoms with Crippen LogP contribution in [0.2, 0.25) is 0 Å². The van der Waals surface area contributed by atoms with E-state index in [0.717, 1.165) is 19.4 Å². The Balaban J connectivity index is 1.48. The first-order chi connectivity index (χ1) is 12.7. The molecule has 140 valence electrons. The van der Waals surface area contributed by atoms with Crippen molar-refractivity contribution in [3.63, 3.8) is 0 Å². The molecule has 0 spiro atoms. The Kier molecular flexibility index (Phi) is 6.66. The van der Waals surface area contributed by atoms with Gasteiger partial charge in [0.25, 0.3) is 0 Å². The fourth-order valence-electron chi connectivity index (χ4n) is 3.27. The molecule has 1 saturated heterocycles. The third-order valence-corrected chi connectivity index (χ3v) is 5.46. The second kappa shape index (κ2) is 9.16. The zero-order valence-electron chi connectivity index (χ0n) is 15.0. The molecular formula is C20H25NO4S. The van der Waals surface area contributed by atoms with Gasteiger partial charge >= 0.3 is 5.97 Å². The quantitative estimate of drug-likeness (QED) is 0.716. The van der Waals surface area contributed by atoms with Crippen LogP contribution in [0.4, 0.5) is 0 Å². The third kappa shape index (κ3) is 4.84. The third-order valence-electron chi connectivity index (χ3n) is 4.49. The molecule has 1 aliphatic rings. The Labute approximate surface area is 158 Å². The fraction of sp³-hybridized carbons (Fsp3) is 0.450. The van der Waals surface area contributed by atoms with Gasteiger partial charge in [0.2, 0.25) is 0 Å². The topological polar surface area (TPSA) is 59.0 Å². The van der Waals surface area contributed by atoms with E-state index in [9.17, 15) is 9.90 Å². The van der Waals surface area contributed by atoms with Crippen molar-refractivity contribution in [1.82, 2.24) is 4.90 Å². The van der Waals surface area contributed by atoms with Gasteiger partial charge in [0, 0.05) is 17.5 Å². The van der Waals surface area contributed by atoms with Crippen LogP contribution in [0.1, 0.15) is 41.0 Å². The van der Waals surface area contributed by atoms with Gasteiger partial charge in [-0.2, -0.15) is 0 Å². The average Bonchev–Trinajstić information content (AvgIpc) is 3.32. The van der Waals surface area contributed by atoms with Gasteiger partial charge in [0.1, 0.15) is 18.5 Å². The maximum Gasteiger partial charge on any atom is 0.338 e. The number of likely N-dealkylation sites (tertiary alicyclic amines) is 1. The highest BCUT2D eigenvalue weighted by molar-refractivity contribution is 7.10. The highest BCUT2D eigenvalue weighted by atomic mass is 32.1. The monoisotopic (exact) mass is 375 g/mol. The van der Waals surface area contributed by atoms with E-state index in [1.165, 1.54) is 4.88 Å². The van der Waals surface area contributed by atoms with E-state index in [-0.39, 0.29) is 12.6 Å². The van der Waals surface area contributed by atoms with E-state index in [2.05, 4.69) is 22.4 Å². The maximum atomic E-state index is 11.6. The summed E-state index contributed by atoms with van der Waals surface area (Å²) in [5.74, 6) is 0.293. The van der Waals surface area contributed by atoms with Gasteiger partial charge in [-0.3, -0.25) is 4.90 Å². The smallest absolute Gasteiger partial charge is 0.338 e. The second-order valence-corrected chi connectivity index (χ2v) is 7.36. The number of thiophene rings is 1. The molecule has 6 heteroatoms. The van der Waals surface area contributed by atoms with E-state index in [1.807, 2.05) is 0 Å². The van der Waals surface area contributed by atoms with Crippen molar-refractivity contribution in [2.24, 2.45) is 0 Å². The van der Waals surface area contributed by atoms with Crippen molar-refractivity contribution in [3.05, 3.63) is 52.2 Å². The summed E-state index contributed by atoms with van der Waals surface area (Å²) in [4.78, 5) is 15.3. The van der Waals surface area contributed by atoms with Crippen molar-refractivity contribution in [2.75, 3.05) is 26.3 Å².